The van der Waals surface area contributed by atoms with Crippen molar-refractivity contribution in [1.29, 1.82) is 0 Å². The number of likely N-dealkylation sites (tertiary alicyclic amines) is 1. The molecule has 2 rings (SSSR count). The third kappa shape index (κ3) is 4.34. The van der Waals surface area contributed by atoms with Crippen molar-refractivity contribution < 1.29 is 0 Å². The zero-order chi connectivity index (χ0) is 12.8. The topological polar surface area (TPSA) is 28.2 Å². The van der Waals surface area contributed by atoms with Crippen molar-refractivity contribution in [3.63, 3.8) is 0 Å². The Bertz CT molecular complexity index is 343. The van der Waals surface area contributed by atoms with Crippen LogP contribution >= 0.6 is 11.3 Å². The summed E-state index contributed by atoms with van der Waals surface area (Å²) < 4.78 is 0. The first-order chi connectivity index (χ1) is 8.78. The molecule has 0 spiro atoms. The minimum Gasteiger partial charge on any atom is -0.311 e. The van der Waals surface area contributed by atoms with E-state index in [0.29, 0.717) is 0 Å². The highest BCUT2D eigenvalue weighted by Crippen LogP contribution is 2.17. The molecular formula is C14H25N3S. The summed E-state index contributed by atoms with van der Waals surface area (Å²) in [5.41, 5.74) is 1.20. The van der Waals surface area contributed by atoms with Gasteiger partial charge in [-0.1, -0.05) is 13.8 Å². The predicted octanol–water partition coefficient (Wildman–Crippen LogP) is 2.53. The summed E-state index contributed by atoms with van der Waals surface area (Å²) in [4.78, 5) is 7.27. The van der Waals surface area contributed by atoms with Gasteiger partial charge in [0.05, 0.1) is 10.7 Å². The molecule has 1 N–H and O–H groups in total. The molecule has 1 aromatic rings. The van der Waals surface area contributed by atoms with Gasteiger partial charge in [-0.15, -0.1) is 11.3 Å². The van der Waals surface area contributed by atoms with Crippen molar-refractivity contribution in [2.75, 3.05) is 26.2 Å². The van der Waals surface area contributed by atoms with Crippen LogP contribution in [0.3, 0.4) is 0 Å². The number of aromatic nitrogens is 1. The lowest BCUT2D eigenvalue weighted by Crippen LogP contribution is -2.34. The van der Waals surface area contributed by atoms with Crippen LogP contribution in [0, 0.1) is 5.92 Å². The maximum atomic E-state index is 4.68. The van der Waals surface area contributed by atoms with Gasteiger partial charge < -0.3 is 10.2 Å². The van der Waals surface area contributed by atoms with Crippen LogP contribution in [0.1, 0.15) is 37.4 Å². The van der Waals surface area contributed by atoms with Gasteiger partial charge in [-0.05, 0) is 38.4 Å². The molecule has 1 fully saturated rings. The minimum absolute atomic E-state index is 0.911. The van der Waals surface area contributed by atoms with Gasteiger partial charge in [-0.3, -0.25) is 0 Å². The average molecular weight is 267 g/mol. The van der Waals surface area contributed by atoms with Crippen molar-refractivity contribution in [2.45, 2.75) is 39.7 Å². The molecule has 0 radical (unpaired) electrons. The molecule has 3 nitrogen and oxygen atoms in total. The van der Waals surface area contributed by atoms with E-state index in [1.807, 2.05) is 11.3 Å². The van der Waals surface area contributed by atoms with Gasteiger partial charge in [-0.2, -0.15) is 0 Å². The van der Waals surface area contributed by atoms with E-state index in [1.54, 1.807) is 0 Å². The van der Waals surface area contributed by atoms with Crippen molar-refractivity contribution in [3.8, 4) is 0 Å². The van der Waals surface area contributed by atoms with Crippen LogP contribution < -0.4 is 5.32 Å². The van der Waals surface area contributed by atoms with Gasteiger partial charge in [-0.25, -0.2) is 4.98 Å². The first-order valence-corrected chi connectivity index (χ1v) is 8.02. The summed E-state index contributed by atoms with van der Waals surface area (Å²) in [6, 6.07) is 0. The molecule has 0 aromatic carbocycles. The quantitative estimate of drug-likeness (QED) is 0.858. The van der Waals surface area contributed by atoms with Gasteiger partial charge in [0, 0.05) is 24.9 Å². The molecular weight excluding hydrogens is 242 g/mol. The van der Waals surface area contributed by atoms with E-state index in [4.69, 9.17) is 0 Å². The third-order valence-electron chi connectivity index (χ3n) is 3.67. The van der Waals surface area contributed by atoms with E-state index in [2.05, 4.69) is 34.4 Å². The first kappa shape index (κ1) is 14.0. The highest BCUT2D eigenvalue weighted by molar-refractivity contribution is 7.09. The molecule has 102 valence electrons. The maximum Gasteiger partial charge on any atom is 0.0941 e. The fourth-order valence-electron chi connectivity index (χ4n) is 2.34. The number of hydrogen-bond acceptors (Lipinski definition) is 4. The Hall–Kier alpha value is -0.450. The molecule has 4 heteroatoms. The van der Waals surface area contributed by atoms with E-state index in [0.717, 1.165) is 25.4 Å². The van der Waals surface area contributed by atoms with Gasteiger partial charge in [0.25, 0.3) is 0 Å². The Kier molecular flexibility index (Phi) is 5.60. The summed E-state index contributed by atoms with van der Waals surface area (Å²) >= 11 is 1.81. The Morgan fingerprint density at radius 1 is 1.44 bits per heavy atom. The minimum atomic E-state index is 0.911. The molecule has 1 aliphatic heterocycles. The molecule has 0 saturated carbocycles. The number of rotatable bonds is 6. The monoisotopic (exact) mass is 267 g/mol. The summed E-state index contributed by atoms with van der Waals surface area (Å²) in [5.74, 6) is 0.924. The molecule has 1 saturated heterocycles. The summed E-state index contributed by atoms with van der Waals surface area (Å²) in [6.45, 7) is 10.2. The molecule has 0 atom stereocenters. The molecule has 0 unspecified atom stereocenters. The second kappa shape index (κ2) is 7.22. The lowest BCUT2D eigenvalue weighted by atomic mass is 9.99. The normalized spacial score (nSPS) is 18.3. The fraction of sp³-hybridized carbons (Fsp3) is 0.786. The predicted molar refractivity (Wildman–Crippen MR) is 78.0 cm³/mol. The molecule has 0 bridgehead atoms. The van der Waals surface area contributed by atoms with Crippen LogP contribution in [0.4, 0.5) is 0 Å². The molecule has 2 heterocycles. The van der Waals surface area contributed by atoms with Crippen molar-refractivity contribution in [1.82, 2.24) is 15.2 Å². The van der Waals surface area contributed by atoms with Gasteiger partial charge in [0.1, 0.15) is 0 Å². The highest BCUT2D eigenvalue weighted by Gasteiger charge is 2.15. The van der Waals surface area contributed by atoms with E-state index < -0.39 is 0 Å². The Balaban J connectivity index is 1.71. The number of hydrogen-bond donors (Lipinski definition) is 1. The van der Waals surface area contributed by atoms with Crippen molar-refractivity contribution in [3.05, 3.63) is 16.1 Å². The summed E-state index contributed by atoms with van der Waals surface area (Å²) in [6.07, 6.45) is 3.85. The highest BCUT2D eigenvalue weighted by atomic mass is 32.1. The molecule has 0 amide bonds. The van der Waals surface area contributed by atoms with Crippen LogP contribution in [0.5, 0.6) is 0 Å². The van der Waals surface area contributed by atoms with Crippen LogP contribution in [0.25, 0.3) is 0 Å². The number of nitrogens with one attached hydrogen (secondary N) is 1. The first-order valence-electron chi connectivity index (χ1n) is 7.14. The number of piperidine rings is 1. The Morgan fingerprint density at radius 3 is 2.94 bits per heavy atom. The van der Waals surface area contributed by atoms with Gasteiger partial charge in [0.2, 0.25) is 0 Å². The molecule has 0 aliphatic carbocycles. The second-order valence-corrected chi connectivity index (χ2v) is 6.23. The van der Waals surface area contributed by atoms with E-state index in [-0.39, 0.29) is 0 Å². The zero-order valence-corrected chi connectivity index (χ0v) is 12.4. The van der Waals surface area contributed by atoms with Crippen LogP contribution in [0.2, 0.25) is 0 Å². The zero-order valence-electron chi connectivity index (χ0n) is 11.6. The number of nitrogens with zero attached hydrogens (tertiary/aromatic N) is 2. The van der Waals surface area contributed by atoms with E-state index in [1.165, 1.54) is 43.2 Å². The molecule has 1 aromatic heterocycles. The maximum absolute atomic E-state index is 4.68. The van der Waals surface area contributed by atoms with Crippen LogP contribution in [-0.4, -0.2) is 36.1 Å². The van der Waals surface area contributed by atoms with Crippen LogP contribution in [0.15, 0.2) is 5.38 Å². The lowest BCUT2D eigenvalue weighted by molar-refractivity contribution is 0.194. The Morgan fingerprint density at radius 2 is 2.22 bits per heavy atom. The van der Waals surface area contributed by atoms with Crippen molar-refractivity contribution >= 4 is 11.3 Å². The average Bonchev–Trinajstić information content (AvgIpc) is 2.84. The number of thiazole rings is 1. The van der Waals surface area contributed by atoms with Gasteiger partial charge >= 0.3 is 0 Å². The smallest absolute Gasteiger partial charge is 0.0941 e. The molecule has 1 aliphatic rings. The van der Waals surface area contributed by atoms with E-state index >= 15 is 0 Å². The SMILES string of the molecule is CCNCc1csc(CCN2CCC(C)CC2)n1. The largest absolute Gasteiger partial charge is 0.311 e. The lowest BCUT2D eigenvalue weighted by Gasteiger charge is -2.29. The second-order valence-electron chi connectivity index (χ2n) is 5.29. The summed E-state index contributed by atoms with van der Waals surface area (Å²) in [7, 11) is 0. The standard InChI is InChI=1S/C14H25N3S/c1-3-15-10-13-11-18-14(16-13)6-9-17-7-4-12(2)5-8-17/h11-12,15H,3-10H2,1-2H3. The third-order valence-corrected chi connectivity index (χ3v) is 4.63. The van der Waals surface area contributed by atoms with Gasteiger partial charge in [0.15, 0.2) is 0 Å². The fourth-order valence-corrected chi connectivity index (χ4v) is 3.12. The Labute approximate surface area is 115 Å². The van der Waals surface area contributed by atoms with Crippen molar-refractivity contribution in [2.24, 2.45) is 5.92 Å². The summed E-state index contributed by atoms with van der Waals surface area (Å²) in [5, 5.41) is 6.81. The molecule has 18 heavy (non-hydrogen) atoms. The van der Waals surface area contributed by atoms with Crippen LogP contribution in [-0.2, 0) is 13.0 Å². The van der Waals surface area contributed by atoms with E-state index in [9.17, 15) is 0 Å².